The number of hydrogen-bond acceptors (Lipinski definition) is 5. The largest absolute Gasteiger partial charge is 0.507 e. The van der Waals surface area contributed by atoms with E-state index in [9.17, 15) is 13.5 Å². The smallest absolute Gasteiger partial charge is 0.333 e. The fourth-order valence-electron chi connectivity index (χ4n) is 5.21. The lowest BCUT2D eigenvalue weighted by atomic mass is 9.67. The van der Waals surface area contributed by atoms with Crippen molar-refractivity contribution in [1.29, 1.82) is 0 Å². The number of aromatic hydroxyl groups is 1. The highest BCUT2D eigenvalue weighted by Crippen LogP contribution is 2.53. The van der Waals surface area contributed by atoms with Crippen LogP contribution in [0.1, 0.15) is 90.7 Å². The molecule has 200 valence electrons. The van der Waals surface area contributed by atoms with E-state index in [0.29, 0.717) is 0 Å². The van der Waals surface area contributed by atoms with Gasteiger partial charge < -0.3 is 14.7 Å². The molecular formula is C27H46N2O5S. The van der Waals surface area contributed by atoms with Crippen LogP contribution in [0.15, 0.2) is 23.8 Å². The lowest BCUT2D eigenvalue weighted by Crippen LogP contribution is -2.45. The van der Waals surface area contributed by atoms with E-state index in [0.717, 1.165) is 61.0 Å². The highest BCUT2D eigenvalue weighted by atomic mass is 32.2. The lowest BCUT2D eigenvalue weighted by Gasteiger charge is -2.46. The first-order valence-corrected chi connectivity index (χ1v) is 14.6. The minimum absolute atomic E-state index is 0.0459. The second-order valence-electron chi connectivity index (χ2n) is 10.1. The summed E-state index contributed by atoms with van der Waals surface area (Å²) < 4.78 is 39.5. The van der Waals surface area contributed by atoms with Crippen LogP contribution in [0.25, 0.3) is 0 Å². The zero-order valence-corrected chi connectivity index (χ0v) is 23.2. The third kappa shape index (κ3) is 8.48. The Labute approximate surface area is 212 Å². The monoisotopic (exact) mass is 510 g/mol. The molecule has 0 aromatic heterocycles. The van der Waals surface area contributed by atoms with E-state index >= 15 is 0 Å². The Bertz CT molecular complexity index is 949. The SMILES string of the molecule is CCCCCc1cc(O)c2c(c1)OC(C)(C)C1CCC(CNS(=O)(=O)O)=CC21.CCN(CC)CC. The standard InChI is InChI=1S/C21H31NO5S.C6H15N/c1-4-5-6-7-14-11-18(23)20-16-10-15(13-22-28(24,25)26)8-9-17(16)21(2,3)27-19(20)12-14;1-4-7(5-2)6-3/h10-12,16-17,22-23H,4-9,13H2,1-3H3,(H,24,25,26);4-6H2,1-3H3. The van der Waals surface area contributed by atoms with Gasteiger partial charge in [0, 0.05) is 23.9 Å². The molecule has 0 saturated heterocycles. The van der Waals surface area contributed by atoms with Crippen LogP contribution in [0.3, 0.4) is 0 Å². The van der Waals surface area contributed by atoms with E-state index in [2.05, 4.69) is 51.2 Å². The summed E-state index contributed by atoms with van der Waals surface area (Å²) in [5.41, 5.74) is 2.39. The molecule has 1 aliphatic heterocycles. The van der Waals surface area contributed by atoms with Gasteiger partial charge in [0.05, 0.1) is 0 Å². The molecule has 0 saturated carbocycles. The maximum atomic E-state index is 11.0. The summed E-state index contributed by atoms with van der Waals surface area (Å²) in [6.45, 7) is 16.5. The van der Waals surface area contributed by atoms with Crippen molar-refractivity contribution in [3.63, 3.8) is 0 Å². The van der Waals surface area contributed by atoms with Crippen molar-refractivity contribution in [2.75, 3.05) is 26.2 Å². The van der Waals surface area contributed by atoms with Crippen LogP contribution in [0.2, 0.25) is 0 Å². The average Bonchev–Trinajstić information content (AvgIpc) is 2.78. The molecule has 3 rings (SSSR count). The van der Waals surface area contributed by atoms with Crippen LogP contribution < -0.4 is 9.46 Å². The van der Waals surface area contributed by atoms with E-state index in [4.69, 9.17) is 9.29 Å². The van der Waals surface area contributed by atoms with Crippen LogP contribution in [0.5, 0.6) is 11.5 Å². The summed E-state index contributed by atoms with van der Waals surface area (Å²) in [5, 5.41) is 10.8. The number of allylic oxidation sites excluding steroid dienone is 1. The molecule has 1 aromatic rings. The van der Waals surface area contributed by atoms with Crippen LogP contribution in [-0.4, -0.2) is 54.8 Å². The number of unbranched alkanes of at least 4 members (excludes halogenated alkanes) is 2. The third-order valence-electron chi connectivity index (χ3n) is 7.30. The number of rotatable bonds is 10. The zero-order valence-electron chi connectivity index (χ0n) is 22.4. The number of nitrogens with one attached hydrogen (secondary N) is 1. The van der Waals surface area contributed by atoms with Gasteiger partial charge in [-0.1, -0.05) is 52.2 Å². The normalized spacial score (nSPS) is 20.7. The first-order chi connectivity index (χ1) is 16.5. The van der Waals surface area contributed by atoms with Gasteiger partial charge in [0.2, 0.25) is 0 Å². The minimum atomic E-state index is -4.23. The molecule has 1 heterocycles. The van der Waals surface area contributed by atoms with E-state index in [1.165, 1.54) is 19.6 Å². The highest BCUT2D eigenvalue weighted by molar-refractivity contribution is 7.83. The molecule has 3 N–H and O–H groups in total. The van der Waals surface area contributed by atoms with Gasteiger partial charge in [0.25, 0.3) is 0 Å². The predicted molar refractivity (Wildman–Crippen MR) is 143 cm³/mol. The van der Waals surface area contributed by atoms with Crippen molar-refractivity contribution >= 4 is 10.3 Å². The molecule has 0 fully saturated rings. The summed E-state index contributed by atoms with van der Waals surface area (Å²) in [7, 11) is -4.23. The lowest BCUT2D eigenvalue weighted by molar-refractivity contribution is 0.0106. The van der Waals surface area contributed by atoms with Crippen molar-refractivity contribution in [3.8, 4) is 11.5 Å². The van der Waals surface area contributed by atoms with Gasteiger partial charge in [-0.3, -0.25) is 4.55 Å². The number of phenols is 1. The second-order valence-corrected chi connectivity index (χ2v) is 11.3. The topological polar surface area (TPSA) is 99.1 Å². The molecule has 1 aromatic carbocycles. The fraction of sp³-hybridized carbons (Fsp3) is 0.704. The quantitative estimate of drug-likeness (QED) is 0.220. The first-order valence-electron chi connectivity index (χ1n) is 13.1. The summed E-state index contributed by atoms with van der Waals surface area (Å²) in [4.78, 5) is 2.38. The molecule has 0 bridgehead atoms. The van der Waals surface area contributed by atoms with E-state index in [1.54, 1.807) is 0 Å². The third-order valence-corrected chi connectivity index (χ3v) is 7.81. The van der Waals surface area contributed by atoms with Gasteiger partial charge in [0.15, 0.2) is 0 Å². The molecule has 2 aliphatic rings. The molecule has 0 radical (unpaired) electrons. The van der Waals surface area contributed by atoms with Gasteiger partial charge in [-0.15, -0.1) is 0 Å². The van der Waals surface area contributed by atoms with E-state index in [1.807, 2.05) is 18.2 Å². The van der Waals surface area contributed by atoms with Gasteiger partial charge in [0.1, 0.15) is 17.1 Å². The van der Waals surface area contributed by atoms with Crippen LogP contribution in [-0.2, 0) is 16.7 Å². The number of fused-ring (bicyclic) bond motifs is 3. The molecule has 2 unspecified atom stereocenters. The number of nitrogens with zero attached hydrogens (tertiary/aromatic N) is 1. The van der Waals surface area contributed by atoms with Gasteiger partial charge in [-0.25, -0.2) is 0 Å². The predicted octanol–water partition coefficient (Wildman–Crippen LogP) is 5.46. The van der Waals surface area contributed by atoms with Crippen molar-refractivity contribution in [2.24, 2.45) is 5.92 Å². The van der Waals surface area contributed by atoms with Crippen LogP contribution in [0.4, 0.5) is 0 Å². The molecular weight excluding hydrogens is 464 g/mol. The number of ether oxygens (including phenoxy) is 1. The van der Waals surface area contributed by atoms with E-state index in [-0.39, 0.29) is 29.7 Å². The molecule has 8 heteroatoms. The Hall–Kier alpha value is -1.61. The number of phenolic OH excluding ortho intramolecular Hbond substituents is 1. The van der Waals surface area contributed by atoms with Gasteiger partial charge in [-0.05, 0) is 76.9 Å². The average molecular weight is 511 g/mol. The Morgan fingerprint density at radius 3 is 2.31 bits per heavy atom. The van der Waals surface area contributed by atoms with Crippen LogP contribution >= 0.6 is 0 Å². The van der Waals surface area contributed by atoms with Crippen molar-refractivity contribution in [1.82, 2.24) is 9.62 Å². The van der Waals surface area contributed by atoms with Crippen molar-refractivity contribution in [3.05, 3.63) is 34.9 Å². The van der Waals surface area contributed by atoms with Gasteiger partial charge >= 0.3 is 10.3 Å². The van der Waals surface area contributed by atoms with Crippen LogP contribution in [0, 0.1) is 5.92 Å². The van der Waals surface area contributed by atoms with Crippen molar-refractivity contribution in [2.45, 2.75) is 91.6 Å². The number of hydrogen-bond donors (Lipinski definition) is 3. The molecule has 35 heavy (non-hydrogen) atoms. The molecule has 1 aliphatic carbocycles. The molecule has 2 atom stereocenters. The molecule has 0 spiro atoms. The minimum Gasteiger partial charge on any atom is -0.507 e. The Morgan fingerprint density at radius 1 is 1.11 bits per heavy atom. The fourth-order valence-corrected chi connectivity index (χ4v) is 5.58. The highest BCUT2D eigenvalue weighted by Gasteiger charge is 2.45. The summed E-state index contributed by atoms with van der Waals surface area (Å²) in [5.74, 6) is 1.11. The first kappa shape index (κ1) is 29.6. The molecule has 7 nitrogen and oxygen atoms in total. The Balaban J connectivity index is 0.000000540. The Kier molecular flexibility index (Phi) is 11.1. The Morgan fingerprint density at radius 2 is 1.77 bits per heavy atom. The molecule has 0 amide bonds. The van der Waals surface area contributed by atoms with Crippen molar-refractivity contribution < 1.29 is 22.8 Å². The summed E-state index contributed by atoms with van der Waals surface area (Å²) in [6.07, 6.45) is 7.87. The maximum Gasteiger partial charge on any atom is 0.333 e. The summed E-state index contributed by atoms with van der Waals surface area (Å²) >= 11 is 0. The zero-order chi connectivity index (χ0) is 26.2. The van der Waals surface area contributed by atoms with Gasteiger partial charge in [-0.2, -0.15) is 13.1 Å². The maximum absolute atomic E-state index is 11.0. The second kappa shape index (κ2) is 13.1. The number of benzene rings is 1. The summed E-state index contributed by atoms with van der Waals surface area (Å²) in [6, 6.07) is 3.88. The number of aryl methyl sites for hydroxylation is 1. The van der Waals surface area contributed by atoms with E-state index < -0.39 is 10.3 Å².